The van der Waals surface area contributed by atoms with E-state index in [0.29, 0.717) is 6.42 Å². The highest BCUT2D eigenvalue weighted by atomic mass is 32.2. The molecule has 0 spiro atoms. The number of hydrogen-bond acceptors (Lipinski definition) is 6. The minimum absolute atomic E-state index is 0.00964. The van der Waals surface area contributed by atoms with Crippen molar-refractivity contribution in [1.29, 1.82) is 0 Å². The van der Waals surface area contributed by atoms with Crippen molar-refractivity contribution >= 4 is 27.9 Å². The van der Waals surface area contributed by atoms with Gasteiger partial charge in [-0.3, -0.25) is 14.9 Å². The number of ether oxygens (including phenoxy) is 1. The van der Waals surface area contributed by atoms with Gasteiger partial charge >= 0.3 is 12.0 Å². The summed E-state index contributed by atoms with van der Waals surface area (Å²) in [6, 6.07) is 5.38. The van der Waals surface area contributed by atoms with Crippen LogP contribution in [0.3, 0.4) is 0 Å². The molecule has 1 aromatic rings. The van der Waals surface area contributed by atoms with Gasteiger partial charge in [-0.25, -0.2) is 17.9 Å². The summed E-state index contributed by atoms with van der Waals surface area (Å²) in [6.07, 6.45) is -0.772. The van der Waals surface area contributed by atoms with E-state index in [1.807, 2.05) is 5.32 Å². The molecule has 1 atom stereocenters. The molecule has 0 aromatic heterocycles. The van der Waals surface area contributed by atoms with Gasteiger partial charge in [0.05, 0.1) is 4.90 Å². The lowest BCUT2D eigenvalue weighted by atomic mass is 10.1. The molecule has 0 saturated carbocycles. The Morgan fingerprint density at radius 2 is 1.72 bits per heavy atom. The second kappa shape index (κ2) is 9.14. The maximum Gasteiger partial charge on any atom is 0.321 e. The van der Waals surface area contributed by atoms with Gasteiger partial charge in [0.15, 0.2) is 6.10 Å². The number of carbonyl (C=O) groups excluding carboxylic acids is 3. The van der Waals surface area contributed by atoms with Gasteiger partial charge in [-0.1, -0.05) is 12.1 Å². The summed E-state index contributed by atoms with van der Waals surface area (Å²) < 4.78 is 30.4. The third-order valence-electron chi connectivity index (χ3n) is 3.26. The van der Waals surface area contributed by atoms with Crippen LogP contribution >= 0.6 is 0 Å². The Morgan fingerprint density at radius 1 is 1.12 bits per heavy atom. The van der Waals surface area contributed by atoms with E-state index in [2.05, 4.69) is 10.0 Å². The fourth-order valence-corrected chi connectivity index (χ4v) is 2.52. The van der Waals surface area contributed by atoms with Crippen LogP contribution in [0.25, 0.3) is 0 Å². The molecule has 0 heterocycles. The second-order valence-corrected chi connectivity index (χ2v) is 6.94. The number of amides is 3. The normalized spacial score (nSPS) is 12.1. The molecule has 1 rings (SSSR count). The van der Waals surface area contributed by atoms with Crippen LogP contribution in [0, 0.1) is 0 Å². The summed E-state index contributed by atoms with van der Waals surface area (Å²) in [5.41, 5.74) is 0.745. The first-order valence-corrected chi connectivity index (χ1v) is 8.92. The average Bonchev–Trinajstić information content (AvgIpc) is 2.60. The quantitative estimate of drug-likeness (QED) is 0.575. The maximum absolute atomic E-state index is 11.8. The average molecular weight is 371 g/mol. The van der Waals surface area contributed by atoms with E-state index in [-0.39, 0.29) is 11.3 Å². The van der Waals surface area contributed by atoms with E-state index >= 15 is 0 Å². The lowest BCUT2D eigenvalue weighted by molar-refractivity contribution is -0.154. The summed E-state index contributed by atoms with van der Waals surface area (Å²) >= 11 is 0. The van der Waals surface area contributed by atoms with Gasteiger partial charge in [-0.2, -0.15) is 0 Å². The zero-order valence-corrected chi connectivity index (χ0v) is 15.0. The van der Waals surface area contributed by atoms with Crippen LogP contribution in [-0.2, 0) is 30.8 Å². The Hall–Kier alpha value is -2.46. The van der Waals surface area contributed by atoms with Crippen molar-refractivity contribution < 1.29 is 27.5 Å². The molecule has 0 saturated heterocycles. The van der Waals surface area contributed by atoms with Crippen molar-refractivity contribution in [2.75, 3.05) is 14.1 Å². The zero-order valence-electron chi connectivity index (χ0n) is 14.2. The summed E-state index contributed by atoms with van der Waals surface area (Å²) in [6.45, 7) is 1.35. The number of hydrogen-bond donors (Lipinski definition) is 3. The summed E-state index contributed by atoms with van der Waals surface area (Å²) in [4.78, 5) is 34.5. The molecule has 1 aromatic carbocycles. The van der Waals surface area contributed by atoms with Crippen LogP contribution in [0.2, 0.25) is 0 Å². The third kappa shape index (κ3) is 6.51. The maximum atomic E-state index is 11.8. The van der Waals surface area contributed by atoms with E-state index in [4.69, 9.17) is 4.74 Å². The molecule has 0 fully saturated rings. The van der Waals surface area contributed by atoms with Crippen molar-refractivity contribution in [1.82, 2.24) is 15.4 Å². The molecular weight excluding hydrogens is 350 g/mol. The lowest BCUT2D eigenvalue weighted by Crippen LogP contribution is -2.43. The van der Waals surface area contributed by atoms with Crippen molar-refractivity contribution in [2.45, 2.75) is 30.8 Å². The van der Waals surface area contributed by atoms with Gasteiger partial charge in [0.25, 0.3) is 5.91 Å². The van der Waals surface area contributed by atoms with E-state index in [1.165, 1.54) is 33.2 Å². The molecule has 0 bridgehead atoms. The zero-order chi connectivity index (χ0) is 19.0. The molecule has 10 heteroatoms. The third-order valence-corrected chi connectivity index (χ3v) is 4.69. The highest BCUT2D eigenvalue weighted by Gasteiger charge is 2.19. The van der Waals surface area contributed by atoms with Crippen LogP contribution in [0.15, 0.2) is 29.2 Å². The molecule has 3 N–H and O–H groups in total. The van der Waals surface area contributed by atoms with E-state index in [1.54, 1.807) is 12.1 Å². The van der Waals surface area contributed by atoms with Gasteiger partial charge < -0.3 is 10.1 Å². The minimum Gasteiger partial charge on any atom is -0.453 e. The standard InChI is InChI=1S/C15H21N3O6S/c1-10(14(20)18-15(21)16-2)24-13(19)9-6-11-4-7-12(8-5-11)25(22,23)17-3/h4-5,7-8,10,17H,6,9H2,1-3H3,(H2,16,18,20,21). The molecule has 1 unspecified atom stereocenters. The Balaban J connectivity index is 2.51. The number of nitrogens with one attached hydrogen (secondary N) is 3. The van der Waals surface area contributed by atoms with E-state index < -0.39 is 34.0 Å². The monoisotopic (exact) mass is 371 g/mol. The predicted octanol–water partition coefficient (Wildman–Crippen LogP) is -0.0854. The number of aryl methyl sites for hydroxylation is 1. The first-order chi connectivity index (χ1) is 11.7. The van der Waals surface area contributed by atoms with Crippen molar-refractivity contribution in [3.8, 4) is 0 Å². The number of urea groups is 1. The van der Waals surface area contributed by atoms with Gasteiger partial charge in [-0.15, -0.1) is 0 Å². The van der Waals surface area contributed by atoms with Gasteiger partial charge in [0, 0.05) is 13.5 Å². The van der Waals surface area contributed by atoms with Crippen LogP contribution < -0.4 is 15.4 Å². The largest absolute Gasteiger partial charge is 0.453 e. The molecule has 3 amide bonds. The fourth-order valence-electron chi connectivity index (χ4n) is 1.79. The van der Waals surface area contributed by atoms with Gasteiger partial charge in [-0.05, 0) is 38.1 Å². The van der Waals surface area contributed by atoms with E-state index in [9.17, 15) is 22.8 Å². The number of sulfonamides is 1. The van der Waals surface area contributed by atoms with Gasteiger partial charge in [0.1, 0.15) is 0 Å². The van der Waals surface area contributed by atoms with Crippen molar-refractivity contribution in [2.24, 2.45) is 0 Å². The Kier molecular flexibility index (Phi) is 7.52. The lowest BCUT2D eigenvalue weighted by Gasteiger charge is -2.12. The number of imide groups is 1. The molecule has 0 aliphatic carbocycles. The summed E-state index contributed by atoms with van der Waals surface area (Å²) in [5.74, 6) is -1.33. The first-order valence-electron chi connectivity index (χ1n) is 7.44. The number of benzene rings is 1. The molecule has 9 nitrogen and oxygen atoms in total. The predicted molar refractivity (Wildman–Crippen MR) is 89.2 cm³/mol. The van der Waals surface area contributed by atoms with Crippen LogP contribution in [0.4, 0.5) is 4.79 Å². The molecule has 138 valence electrons. The van der Waals surface area contributed by atoms with E-state index in [0.717, 1.165) is 5.56 Å². The molecule has 25 heavy (non-hydrogen) atoms. The smallest absolute Gasteiger partial charge is 0.321 e. The molecular formula is C15H21N3O6S. The van der Waals surface area contributed by atoms with Crippen molar-refractivity contribution in [3.05, 3.63) is 29.8 Å². The minimum atomic E-state index is -3.50. The SMILES string of the molecule is CNC(=O)NC(=O)C(C)OC(=O)CCc1ccc(S(=O)(=O)NC)cc1. The highest BCUT2D eigenvalue weighted by Crippen LogP contribution is 2.12. The second-order valence-electron chi connectivity index (χ2n) is 5.05. The summed E-state index contributed by atoms with van der Waals surface area (Å²) in [7, 11) is -0.829. The Morgan fingerprint density at radius 3 is 2.24 bits per heavy atom. The molecule has 0 aliphatic rings. The van der Waals surface area contributed by atoms with Crippen LogP contribution in [-0.4, -0.2) is 46.5 Å². The summed E-state index contributed by atoms with van der Waals surface area (Å²) in [5, 5.41) is 4.22. The van der Waals surface area contributed by atoms with Crippen molar-refractivity contribution in [3.63, 3.8) is 0 Å². The van der Waals surface area contributed by atoms with Crippen LogP contribution in [0.5, 0.6) is 0 Å². The number of rotatable bonds is 7. The number of carbonyl (C=O) groups is 3. The molecule has 0 radical (unpaired) electrons. The highest BCUT2D eigenvalue weighted by molar-refractivity contribution is 7.89. The molecule has 0 aliphatic heterocycles. The van der Waals surface area contributed by atoms with Gasteiger partial charge in [0.2, 0.25) is 10.0 Å². The Bertz CT molecular complexity index is 730. The Labute approximate surface area is 146 Å². The van der Waals surface area contributed by atoms with Crippen LogP contribution in [0.1, 0.15) is 18.9 Å². The number of esters is 1. The first kappa shape index (κ1) is 20.6. The fraction of sp³-hybridized carbons (Fsp3) is 0.400. The topological polar surface area (TPSA) is 131 Å².